The third-order valence-corrected chi connectivity index (χ3v) is 5.37. The van der Waals surface area contributed by atoms with E-state index < -0.39 is 23.5 Å². The second-order valence-corrected chi connectivity index (χ2v) is 9.65. The van der Waals surface area contributed by atoms with Crippen LogP contribution in [0.5, 0.6) is 0 Å². The molecule has 0 radical (unpaired) electrons. The number of hydrogen-bond donors (Lipinski definition) is 2. The molecule has 0 bridgehead atoms. The highest BCUT2D eigenvalue weighted by atomic mass is 19.1. The zero-order valence-electron chi connectivity index (χ0n) is 19.9. The third-order valence-electron chi connectivity index (χ3n) is 5.37. The summed E-state index contributed by atoms with van der Waals surface area (Å²) >= 11 is 0. The number of halogens is 1. The van der Waals surface area contributed by atoms with Crippen LogP contribution in [0.25, 0.3) is 0 Å². The van der Waals surface area contributed by atoms with Gasteiger partial charge in [0.15, 0.2) is 11.6 Å². The Kier molecular flexibility index (Phi) is 7.61. The van der Waals surface area contributed by atoms with Crippen molar-refractivity contribution in [1.82, 2.24) is 15.1 Å². The number of carbonyl (C=O) groups is 2. The van der Waals surface area contributed by atoms with Crippen molar-refractivity contribution in [1.29, 1.82) is 0 Å². The van der Waals surface area contributed by atoms with Crippen LogP contribution in [-0.4, -0.2) is 34.1 Å². The predicted molar refractivity (Wildman–Crippen MR) is 123 cm³/mol. The Hall–Kier alpha value is -3.10. The van der Waals surface area contributed by atoms with E-state index in [1.54, 1.807) is 0 Å². The van der Waals surface area contributed by atoms with E-state index in [0.717, 1.165) is 5.56 Å². The summed E-state index contributed by atoms with van der Waals surface area (Å²) in [5.41, 5.74) is 0.516. The van der Waals surface area contributed by atoms with Crippen LogP contribution in [0.15, 0.2) is 30.3 Å². The number of amides is 2. The molecule has 1 aliphatic rings. The van der Waals surface area contributed by atoms with Crippen LogP contribution in [0.2, 0.25) is 0 Å². The molecular formula is C24H33FN4O4. The van der Waals surface area contributed by atoms with Gasteiger partial charge in [-0.3, -0.25) is 5.32 Å². The normalized spacial score (nSPS) is 18.3. The molecular weight excluding hydrogens is 427 g/mol. The average molecular weight is 461 g/mol. The largest absolute Gasteiger partial charge is 0.446 e. The van der Waals surface area contributed by atoms with Crippen LogP contribution in [0, 0.1) is 5.82 Å². The molecule has 1 aromatic carbocycles. The monoisotopic (exact) mass is 460 g/mol. The lowest BCUT2D eigenvalue weighted by Gasteiger charge is -2.22. The van der Waals surface area contributed by atoms with Gasteiger partial charge in [0.25, 0.3) is 0 Å². The molecule has 33 heavy (non-hydrogen) atoms. The van der Waals surface area contributed by atoms with Gasteiger partial charge < -0.3 is 14.8 Å². The molecule has 1 aliphatic carbocycles. The Labute approximate surface area is 193 Å². The summed E-state index contributed by atoms with van der Waals surface area (Å²) in [5, 5.41) is 9.74. The molecule has 2 aromatic rings. The molecule has 180 valence electrons. The second-order valence-electron chi connectivity index (χ2n) is 9.65. The molecule has 0 saturated heterocycles. The van der Waals surface area contributed by atoms with E-state index in [1.165, 1.54) is 4.68 Å². The molecule has 2 N–H and O–H groups in total. The number of carbonyl (C=O) groups excluding carboxylic acids is 2. The van der Waals surface area contributed by atoms with Crippen molar-refractivity contribution in [2.45, 2.75) is 84.1 Å². The highest BCUT2D eigenvalue weighted by molar-refractivity contribution is 5.83. The Morgan fingerprint density at radius 1 is 1.18 bits per heavy atom. The Bertz CT molecular complexity index is 969. The van der Waals surface area contributed by atoms with Crippen LogP contribution < -0.4 is 10.6 Å². The van der Waals surface area contributed by atoms with Crippen LogP contribution in [0.3, 0.4) is 0 Å². The highest BCUT2D eigenvalue weighted by Gasteiger charge is 2.36. The van der Waals surface area contributed by atoms with E-state index in [1.807, 2.05) is 65.0 Å². The predicted octanol–water partition coefficient (Wildman–Crippen LogP) is 5.30. The maximum absolute atomic E-state index is 15.5. The lowest BCUT2D eigenvalue weighted by Crippen LogP contribution is -2.33. The first-order chi connectivity index (χ1) is 15.5. The smallest absolute Gasteiger partial charge is 0.413 e. The average Bonchev–Trinajstić information content (AvgIpc) is 3.31. The number of benzene rings is 1. The lowest BCUT2D eigenvalue weighted by atomic mass is 10.0. The van der Waals surface area contributed by atoms with E-state index >= 15 is 4.39 Å². The summed E-state index contributed by atoms with van der Waals surface area (Å²) in [7, 11) is 0. The van der Waals surface area contributed by atoms with Crippen LogP contribution in [0.1, 0.15) is 71.1 Å². The van der Waals surface area contributed by atoms with Crippen LogP contribution in [0.4, 0.5) is 19.8 Å². The van der Waals surface area contributed by atoms with Gasteiger partial charge in [-0.05, 0) is 59.4 Å². The lowest BCUT2D eigenvalue weighted by molar-refractivity contribution is 0.0981. The number of rotatable bonds is 6. The number of ether oxygens (including phenoxy) is 2. The van der Waals surface area contributed by atoms with E-state index in [0.29, 0.717) is 19.3 Å². The van der Waals surface area contributed by atoms with Gasteiger partial charge in [0.2, 0.25) is 0 Å². The minimum Gasteiger partial charge on any atom is -0.446 e. The van der Waals surface area contributed by atoms with Gasteiger partial charge in [0.05, 0.1) is 5.54 Å². The minimum atomic E-state index is -0.757. The van der Waals surface area contributed by atoms with Crippen molar-refractivity contribution in [2.75, 3.05) is 5.32 Å². The van der Waals surface area contributed by atoms with E-state index in [2.05, 4.69) is 15.7 Å². The zero-order valence-corrected chi connectivity index (χ0v) is 19.9. The molecule has 1 heterocycles. The quantitative estimate of drug-likeness (QED) is 0.610. The number of nitrogens with one attached hydrogen (secondary N) is 2. The fraction of sp³-hybridized carbons (Fsp3) is 0.542. The fourth-order valence-electron chi connectivity index (χ4n) is 3.84. The summed E-state index contributed by atoms with van der Waals surface area (Å²) in [6.07, 6.45) is 0.199. The first-order valence-electron chi connectivity index (χ1n) is 11.3. The summed E-state index contributed by atoms with van der Waals surface area (Å²) in [6.45, 7) is 9.41. The standard InChI is InChI=1S/C24H33FN4O4/c1-15(2)26-23(31)33-18-12-11-17(13-18)20-19(25)21(29(28-20)24(3,4)5)27-22(30)32-14-16-9-7-6-8-10-16/h6-10,15,17-18H,11-14H2,1-5H3,(H,26,31)(H,27,30)/t17-,18+/m0/s1. The molecule has 0 spiro atoms. The molecule has 8 nitrogen and oxygen atoms in total. The molecule has 2 atom stereocenters. The molecule has 0 unspecified atom stereocenters. The summed E-state index contributed by atoms with van der Waals surface area (Å²) < 4.78 is 27.7. The van der Waals surface area contributed by atoms with Gasteiger partial charge in [-0.2, -0.15) is 5.10 Å². The Balaban J connectivity index is 1.71. The van der Waals surface area contributed by atoms with Crippen molar-refractivity contribution in [3.63, 3.8) is 0 Å². The molecule has 1 aromatic heterocycles. The topological polar surface area (TPSA) is 94.5 Å². The first-order valence-corrected chi connectivity index (χ1v) is 11.3. The Morgan fingerprint density at radius 3 is 2.52 bits per heavy atom. The van der Waals surface area contributed by atoms with Gasteiger partial charge >= 0.3 is 12.2 Å². The zero-order chi connectivity index (χ0) is 24.2. The fourth-order valence-corrected chi connectivity index (χ4v) is 3.84. The summed E-state index contributed by atoms with van der Waals surface area (Å²) in [6, 6.07) is 9.23. The first kappa shape index (κ1) is 24.5. The van der Waals surface area contributed by atoms with Crippen molar-refractivity contribution >= 4 is 18.0 Å². The number of aromatic nitrogens is 2. The molecule has 0 aliphatic heterocycles. The molecule has 2 amide bonds. The SMILES string of the molecule is CC(C)NC(=O)O[C@@H]1CC[C@H](c2nn(C(C)(C)C)c(NC(=O)OCc3ccccc3)c2F)C1. The number of alkyl carbamates (subject to hydrolysis) is 1. The van der Waals surface area contributed by atoms with Gasteiger partial charge in [-0.25, -0.2) is 18.7 Å². The molecule has 9 heteroatoms. The van der Waals surface area contributed by atoms with Crippen molar-refractivity contribution in [2.24, 2.45) is 0 Å². The van der Waals surface area contributed by atoms with Crippen molar-refractivity contribution in [3.8, 4) is 0 Å². The van der Waals surface area contributed by atoms with Gasteiger partial charge in [-0.1, -0.05) is 30.3 Å². The maximum atomic E-state index is 15.5. The van der Waals surface area contributed by atoms with Crippen LogP contribution >= 0.6 is 0 Å². The summed E-state index contributed by atoms with van der Waals surface area (Å²) in [5.74, 6) is -0.831. The summed E-state index contributed by atoms with van der Waals surface area (Å²) in [4.78, 5) is 24.3. The third kappa shape index (κ3) is 6.46. The molecule has 1 fully saturated rings. The number of anilines is 1. The number of hydrogen-bond acceptors (Lipinski definition) is 5. The van der Waals surface area contributed by atoms with Crippen molar-refractivity contribution < 1.29 is 23.5 Å². The van der Waals surface area contributed by atoms with Gasteiger partial charge in [-0.15, -0.1) is 0 Å². The molecule has 1 saturated carbocycles. The number of nitrogens with zero attached hydrogens (tertiary/aromatic N) is 2. The highest BCUT2D eigenvalue weighted by Crippen LogP contribution is 2.39. The van der Waals surface area contributed by atoms with Gasteiger partial charge in [0.1, 0.15) is 18.4 Å². The van der Waals surface area contributed by atoms with Crippen molar-refractivity contribution in [3.05, 3.63) is 47.4 Å². The molecule has 3 rings (SSSR count). The van der Waals surface area contributed by atoms with Crippen LogP contribution in [-0.2, 0) is 21.6 Å². The van der Waals surface area contributed by atoms with E-state index in [9.17, 15) is 9.59 Å². The van der Waals surface area contributed by atoms with E-state index in [4.69, 9.17) is 9.47 Å². The van der Waals surface area contributed by atoms with E-state index in [-0.39, 0.29) is 36.2 Å². The Morgan fingerprint density at radius 2 is 1.88 bits per heavy atom. The second kappa shape index (κ2) is 10.2. The maximum Gasteiger partial charge on any atom is 0.413 e. The van der Waals surface area contributed by atoms with Gasteiger partial charge in [0, 0.05) is 12.0 Å². The minimum absolute atomic E-state index is 0.0232.